The molecular weight excluding hydrogens is 326 g/mol. The van der Waals surface area contributed by atoms with E-state index >= 15 is 0 Å². The zero-order valence-electron chi connectivity index (χ0n) is 14.6. The van der Waals surface area contributed by atoms with Crippen LogP contribution in [0.5, 0.6) is 5.75 Å². The second kappa shape index (κ2) is 8.01. The number of hydrogen-bond donors (Lipinski definition) is 2. The third-order valence-electron chi connectivity index (χ3n) is 4.52. The quantitative estimate of drug-likeness (QED) is 0.687. The SMILES string of the molecule is c1ccc(COc2ccc(CNCC3CNc4ccnn4C3)cc2)nc1. The Hall–Kier alpha value is -2.86. The fourth-order valence-electron chi connectivity index (χ4n) is 3.09. The molecule has 0 radical (unpaired) electrons. The largest absolute Gasteiger partial charge is 0.487 e. The Morgan fingerprint density at radius 1 is 1.12 bits per heavy atom. The maximum absolute atomic E-state index is 5.77. The number of nitrogens with zero attached hydrogens (tertiary/aromatic N) is 3. The van der Waals surface area contributed by atoms with Crippen LogP contribution in [0.25, 0.3) is 0 Å². The second-order valence-corrected chi connectivity index (χ2v) is 6.53. The first-order valence-corrected chi connectivity index (χ1v) is 8.95. The highest BCUT2D eigenvalue weighted by molar-refractivity contribution is 5.35. The highest BCUT2D eigenvalue weighted by Crippen LogP contribution is 2.16. The summed E-state index contributed by atoms with van der Waals surface area (Å²) in [4.78, 5) is 4.26. The molecular formula is C20H23N5O. The molecule has 1 aromatic carbocycles. The molecule has 26 heavy (non-hydrogen) atoms. The van der Waals surface area contributed by atoms with Gasteiger partial charge in [-0.1, -0.05) is 18.2 Å². The molecule has 0 spiro atoms. The lowest BCUT2D eigenvalue weighted by Gasteiger charge is -2.25. The van der Waals surface area contributed by atoms with Gasteiger partial charge in [-0.15, -0.1) is 0 Å². The second-order valence-electron chi connectivity index (χ2n) is 6.53. The van der Waals surface area contributed by atoms with Crippen LogP contribution in [-0.2, 0) is 19.7 Å². The van der Waals surface area contributed by atoms with Gasteiger partial charge in [0.05, 0.1) is 11.9 Å². The predicted molar refractivity (Wildman–Crippen MR) is 101 cm³/mol. The van der Waals surface area contributed by atoms with Crippen molar-refractivity contribution in [2.45, 2.75) is 19.7 Å². The van der Waals surface area contributed by atoms with Gasteiger partial charge in [0.15, 0.2) is 0 Å². The van der Waals surface area contributed by atoms with E-state index in [4.69, 9.17) is 4.74 Å². The molecule has 1 aliphatic rings. The van der Waals surface area contributed by atoms with E-state index in [2.05, 4.69) is 32.8 Å². The smallest absolute Gasteiger partial charge is 0.130 e. The van der Waals surface area contributed by atoms with Crippen molar-refractivity contribution in [1.82, 2.24) is 20.1 Å². The van der Waals surface area contributed by atoms with Crippen molar-refractivity contribution in [2.24, 2.45) is 5.92 Å². The molecule has 6 nitrogen and oxygen atoms in total. The summed E-state index contributed by atoms with van der Waals surface area (Å²) in [5, 5.41) is 11.3. The summed E-state index contributed by atoms with van der Waals surface area (Å²) in [5.41, 5.74) is 2.18. The van der Waals surface area contributed by atoms with E-state index in [1.165, 1.54) is 5.56 Å². The van der Waals surface area contributed by atoms with Crippen LogP contribution < -0.4 is 15.4 Å². The summed E-state index contributed by atoms with van der Waals surface area (Å²) in [6.45, 7) is 4.25. The molecule has 1 atom stereocenters. The maximum atomic E-state index is 5.77. The zero-order valence-corrected chi connectivity index (χ0v) is 14.6. The molecule has 3 aromatic rings. The fourth-order valence-corrected chi connectivity index (χ4v) is 3.09. The van der Waals surface area contributed by atoms with E-state index < -0.39 is 0 Å². The number of aromatic nitrogens is 3. The maximum Gasteiger partial charge on any atom is 0.130 e. The van der Waals surface area contributed by atoms with Crippen LogP contribution in [0.1, 0.15) is 11.3 Å². The summed E-state index contributed by atoms with van der Waals surface area (Å²) >= 11 is 0. The van der Waals surface area contributed by atoms with Gasteiger partial charge in [0.2, 0.25) is 0 Å². The van der Waals surface area contributed by atoms with Gasteiger partial charge in [-0.3, -0.25) is 4.98 Å². The van der Waals surface area contributed by atoms with E-state index in [0.29, 0.717) is 12.5 Å². The average Bonchev–Trinajstić information content (AvgIpc) is 3.16. The fraction of sp³-hybridized carbons (Fsp3) is 0.300. The summed E-state index contributed by atoms with van der Waals surface area (Å²) < 4.78 is 7.80. The zero-order chi connectivity index (χ0) is 17.6. The van der Waals surface area contributed by atoms with Crippen molar-refractivity contribution in [1.29, 1.82) is 0 Å². The van der Waals surface area contributed by atoms with Gasteiger partial charge in [0, 0.05) is 44.4 Å². The normalized spacial score (nSPS) is 15.9. The molecule has 4 rings (SSSR count). The summed E-state index contributed by atoms with van der Waals surface area (Å²) in [6, 6.07) is 16.1. The van der Waals surface area contributed by atoms with Gasteiger partial charge < -0.3 is 15.4 Å². The van der Waals surface area contributed by atoms with E-state index in [0.717, 1.165) is 43.4 Å². The Morgan fingerprint density at radius 3 is 2.88 bits per heavy atom. The topological polar surface area (TPSA) is 64.0 Å². The minimum Gasteiger partial charge on any atom is -0.487 e. The Bertz CT molecular complexity index is 816. The first kappa shape index (κ1) is 16.6. The molecule has 1 aliphatic heterocycles. The van der Waals surface area contributed by atoms with E-state index in [1.807, 2.05) is 47.3 Å². The minimum atomic E-state index is 0.489. The molecule has 134 valence electrons. The number of pyridine rings is 1. The molecule has 0 bridgehead atoms. The van der Waals surface area contributed by atoms with E-state index in [-0.39, 0.29) is 0 Å². The summed E-state index contributed by atoms with van der Waals surface area (Å²) in [7, 11) is 0. The average molecular weight is 349 g/mol. The van der Waals surface area contributed by atoms with Crippen molar-refractivity contribution in [2.75, 3.05) is 18.4 Å². The predicted octanol–water partition coefficient (Wildman–Crippen LogP) is 2.69. The van der Waals surface area contributed by atoms with E-state index in [1.54, 1.807) is 6.20 Å². The van der Waals surface area contributed by atoms with Gasteiger partial charge in [-0.05, 0) is 29.8 Å². The molecule has 2 aromatic heterocycles. The Balaban J connectivity index is 1.21. The first-order valence-electron chi connectivity index (χ1n) is 8.95. The van der Waals surface area contributed by atoms with Crippen LogP contribution in [0.3, 0.4) is 0 Å². The standard InChI is InChI=1S/C20H23N5O/c1-2-9-22-18(3-1)15-26-19-6-4-16(5-7-19)11-21-12-17-13-23-20-8-10-24-25(20)14-17/h1-10,17,21,23H,11-15H2. The highest BCUT2D eigenvalue weighted by atomic mass is 16.5. The third kappa shape index (κ3) is 4.21. The molecule has 0 fully saturated rings. The van der Waals surface area contributed by atoms with Crippen LogP contribution in [-0.4, -0.2) is 27.9 Å². The number of ether oxygens (including phenoxy) is 1. The number of rotatable bonds is 7. The molecule has 0 saturated carbocycles. The first-order chi connectivity index (χ1) is 12.9. The molecule has 2 N–H and O–H groups in total. The van der Waals surface area contributed by atoms with Crippen LogP contribution in [0.4, 0.5) is 5.82 Å². The van der Waals surface area contributed by atoms with E-state index in [9.17, 15) is 0 Å². The van der Waals surface area contributed by atoms with Gasteiger partial charge >= 0.3 is 0 Å². The van der Waals surface area contributed by atoms with Crippen LogP contribution in [0.2, 0.25) is 0 Å². The van der Waals surface area contributed by atoms with Crippen molar-refractivity contribution in [3.63, 3.8) is 0 Å². The van der Waals surface area contributed by atoms with Crippen molar-refractivity contribution < 1.29 is 4.74 Å². The summed E-state index contributed by atoms with van der Waals surface area (Å²) in [5.74, 6) is 2.52. The number of hydrogen-bond acceptors (Lipinski definition) is 5. The Kier molecular flexibility index (Phi) is 5.12. The monoisotopic (exact) mass is 349 g/mol. The van der Waals surface area contributed by atoms with Crippen LogP contribution >= 0.6 is 0 Å². The Morgan fingerprint density at radius 2 is 2.04 bits per heavy atom. The minimum absolute atomic E-state index is 0.489. The molecule has 1 unspecified atom stereocenters. The van der Waals surface area contributed by atoms with Crippen molar-refractivity contribution in [3.8, 4) is 5.75 Å². The molecule has 0 amide bonds. The van der Waals surface area contributed by atoms with Gasteiger partial charge in [-0.2, -0.15) is 5.10 Å². The van der Waals surface area contributed by atoms with Gasteiger partial charge in [-0.25, -0.2) is 4.68 Å². The van der Waals surface area contributed by atoms with Gasteiger partial charge in [0.25, 0.3) is 0 Å². The lowest BCUT2D eigenvalue weighted by Crippen LogP contribution is -2.35. The molecule has 3 heterocycles. The highest BCUT2D eigenvalue weighted by Gasteiger charge is 2.17. The molecule has 0 saturated heterocycles. The number of fused-ring (bicyclic) bond motifs is 1. The van der Waals surface area contributed by atoms with Crippen LogP contribution in [0, 0.1) is 5.92 Å². The summed E-state index contributed by atoms with van der Waals surface area (Å²) in [6.07, 6.45) is 3.62. The molecule has 0 aliphatic carbocycles. The Labute approximate surface area is 153 Å². The lowest BCUT2D eigenvalue weighted by atomic mass is 10.1. The van der Waals surface area contributed by atoms with Gasteiger partial charge in [0.1, 0.15) is 18.2 Å². The molecule has 6 heteroatoms. The van der Waals surface area contributed by atoms with Crippen LogP contribution in [0.15, 0.2) is 60.9 Å². The number of anilines is 1. The van der Waals surface area contributed by atoms with Crippen molar-refractivity contribution >= 4 is 5.82 Å². The van der Waals surface area contributed by atoms with Crippen molar-refractivity contribution in [3.05, 3.63) is 72.2 Å². The lowest BCUT2D eigenvalue weighted by molar-refractivity contribution is 0.301. The number of benzene rings is 1. The third-order valence-corrected chi connectivity index (χ3v) is 4.52. The number of nitrogens with one attached hydrogen (secondary N) is 2.